The minimum atomic E-state index is -0.476. The Kier molecular flexibility index (Phi) is 3.62. The van der Waals surface area contributed by atoms with Gasteiger partial charge >= 0.3 is 5.69 Å². The molecular weight excluding hydrogens is 318 g/mol. The molecule has 3 aromatic rings. The summed E-state index contributed by atoms with van der Waals surface area (Å²) >= 11 is 0. The Morgan fingerprint density at radius 2 is 1.88 bits per heavy atom. The molecule has 10 heteroatoms. The topological polar surface area (TPSA) is 126 Å². The second-order valence-electron chi connectivity index (χ2n) is 5.36. The van der Waals surface area contributed by atoms with Crippen molar-refractivity contribution in [2.45, 2.75) is 6.54 Å². The van der Waals surface area contributed by atoms with Crippen LogP contribution in [-0.4, -0.2) is 34.2 Å². The van der Waals surface area contributed by atoms with E-state index in [9.17, 15) is 14.7 Å². The number of benzene rings is 1. The molecule has 0 aliphatic carbocycles. The predicted molar refractivity (Wildman–Crippen MR) is 83.5 cm³/mol. The van der Waals surface area contributed by atoms with Gasteiger partial charge in [-0.2, -0.15) is 0 Å². The van der Waals surface area contributed by atoms with Crippen molar-refractivity contribution < 1.29 is 15.5 Å². The van der Waals surface area contributed by atoms with Crippen LogP contribution in [0.3, 0.4) is 0 Å². The van der Waals surface area contributed by atoms with Crippen LogP contribution in [0.2, 0.25) is 0 Å². The second-order valence-corrected chi connectivity index (χ2v) is 5.36. The Hall–Kier alpha value is -3.11. The van der Waals surface area contributed by atoms with E-state index in [0.29, 0.717) is 5.56 Å². The quantitative estimate of drug-likeness (QED) is 0.565. The summed E-state index contributed by atoms with van der Waals surface area (Å²) in [6.07, 6.45) is 1.42. The second kappa shape index (κ2) is 5.51. The minimum Gasteiger partial charge on any atom is -0.506 e. The smallest absolute Gasteiger partial charge is 0.332 e. The van der Waals surface area contributed by atoms with Crippen molar-refractivity contribution >= 4 is 16.9 Å². The largest absolute Gasteiger partial charge is 0.506 e. The van der Waals surface area contributed by atoms with Crippen molar-refractivity contribution in [1.82, 2.24) is 18.7 Å². The number of nitrogens with zero attached hydrogens (tertiary/aromatic N) is 5. The number of rotatable bonds is 3. The van der Waals surface area contributed by atoms with E-state index in [1.807, 2.05) is 0 Å². The fraction of sp³-hybridized carbons (Fsp3) is 0.214. The molecule has 0 aliphatic rings. The van der Waals surface area contributed by atoms with Gasteiger partial charge in [0.15, 0.2) is 11.2 Å². The van der Waals surface area contributed by atoms with Gasteiger partial charge in [-0.05, 0) is 17.7 Å². The summed E-state index contributed by atoms with van der Waals surface area (Å²) in [5.41, 5.74) is -0.0492. The van der Waals surface area contributed by atoms with Crippen molar-refractivity contribution in [3.63, 3.8) is 0 Å². The molecule has 0 atom stereocenters. The van der Waals surface area contributed by atoms with Crippen molar-refractivity contribution in [3.05, 3.63) is 50.9 Å². The van der Waals surface area contributed by atoms with Gasteiger partial charge < -0.3 is 9.67 Å². The summed E-state index contributed by atoms with van der Waals surface area (Å²) in [5.74, 6) is -0.308. The van der Waals surface area contributed by atoms with Gasteiger partial charge in [-0.25, -0.2) is 9.78 Å². The highest BCUT2D eigenvalue weighted by Crippen LogP contribution is 2.26. The number of aromatic hydroxyl groups is 1. The number of hydrogen-bond acceptors (Lipinski definition) is 7. The van der Waals surface area contributed by atoms with Gasteiger partial charge in [-0.1, -0.05) is 6.07 Å². The third kappa shape index (κ3) is 2.33. The van der Waals surface area contributed by atoms with Crippen LogP contribution in [0.4, 0.5) is 5.69 Å². The lowest BCUT2D eigenvalue weighted by Crippen LogP contribution is -2.37. The molecule has 0 unspecified atom stereocenters. The van der Waals surface area contributed by atoms with Crippen LogP contribution in [0, 0.1) is 0 Å². The molecule has 0 spiro atoms. The standard InChI is InChI=1S/C14H15N5O5/c1-16-12-11(13(21)17(2)14(16)22)18(7-15-12)6-8-3-4-10(20)9(5-8)19(23)24/h3-5,7,20,23-24H,6H2,1-2H3. The predicted octanol–water partition coefficient (Wildman–Crippen LogP) is -0.228. The van der Waals surface area contributed by atoms with E-state index in [-0.39, 0.29) is 34.4 Å². The number of hydrogen-bond donors (Lipinski definition) is 3. The lowest BCUT2D eigenvalue weighted by atomic mass is 10.2. The molecule has 24 heavy (non-hydrogen) atoms. The first-order valence-corrected chi connectivity index (χ1v) is 6.92. The number of phenols is 1. The van der Waals surface area contributed by atoms with Crippen molar-refractivity contribution in [2.75, 3.05) is 5.23 Å². The van der Waals surface area contributed by atoms with E-state index in [2.05, 4.69) is 4.98 Å². The molecule has 0 fully saturated rings. The average Bonchev–Trinajstić information content (AvgIpc) is 2.96. The zero-order valence-electron chi connectivity index (χ0n) is 12.9. The minimum absolute atomic E-state index is 0.186. The molecular formula is C14H15N5O5. The van der Waals surface area contributed by atoms with Crippen LogP contribution in [0.25, 0.3) is 11.2 Å². The fourth-order valence-electron chi connectivity index (χ4n) is 2.54. The van der Waals surface area contributed by atoms with Crippen LogP contribution >= 0.6 is 0 Å². The highest BCUT2D eigenvalue weighted by molar-refractivity contribution is 5.70. The van der Waals surface area contributed by atoms with E-state index < -0.39 is 11.2 Å². The Bertz CT molecular complexity index is 1050. The van der Waals surface area contributed by atoms with E-state index in [1.165, 1.54) is 37.1 Å². The first-order valence-electron chi connectivity index (χ1n) is 6.92. The van der Waals surface area contributed by atoms with Crippen molar-refractivity contribution in [2.24, 2.45) is 14.1 Å². The maximum Gasteiger partial charge on any atom is 0.332 e. The molecule has 2 heterocycles. The normalized spacial score (nSPS) is 11.2. The zero-order chi connectivity index (χ0) is 17.6. The summed E-state index contributed by atoms with van der Waals surface area (Å²) < 4.78 is 3.82. The Labute approximate surface area is 134 Å². The van der Waals surface area contributed by atoms with Crippen LogP contribution in [0.5, 0.6) is 5.75 Å². The van der Waals surface area contributed by atoms with Gasteiger partial charge in [0.1, 0.15) is 11.4 Å². The van der Waals surface area contributed by atoms with Gasteiger partial charge in [-0.15, -0.1) is 5.23 Å². The van der Waals surface area contributed by atoms with Crippen LogP contribution in [0.1, 0.15) is 5.56 Å². The monoisotopic (exact) mass is 333 g/mol. The van der Waals surface area contributed by atoms with E-state index in [1.54, 1.807) is 10.6 Å². The Morgan fingerprint density at radius 3 is 2.54 bits per heavy atom. The maximum atomic E-state index is 12.4. The summed E-state index contributed by atoms with van der Waals surface area (Å²) in [6.45, 7) is 0.186. The van der Waals surface area contributed by atoms with Gasteiger partial charge in [-0.3, -0.25) is 24.3 Å². The first-order chi connectivity index (χ1) is 11.3. The van der Waals surface area contributed by atoms with E-state index in [4.69, 9.17) is 10.4 Å². The highest BCUT2D eigenvalue weighted by Gasteiger charge is 2.15. The third-order valence-corrected chi connectivity index (χ3v) is 3.83. The fourth-order valence-corrected chi connectivity index (χ4v) is 2.54. The molecule has 1 aromatic carbocycles. The van der Waals surface area contributed by atoms with Gasteiger partial charge in [0, 0.05) is 20.6 Å². The number of imidazole rings is 1. The van der Waals surface area contributed by atoms with E-state index >= 15 is 0 Å². The van der Waals surface area contributed by atoms with Crippen LogP contribution < -0.4 is 16.5 Å². The molecule has 0 aliphatic heterocycles. The summed E-state index contributed by atoms with van der Waals surface area (Å²) in [4.78, 5) is 28.4. The SMILES string of the molecule is Cn1c(=O)c2c(ncn2Cc2ccc(O)c(N(O)O)c2)n(C)c1=O. The molecule has 3 rings (SSSR count). The molecule has 0 saturated carbocycles. The van der Waals surface area contributed by atoms with E-state index in [0.717, 1.165) is 4.57 Å². The summed E-state index contributed by atoms with van der Waals surface area (Å²) in [5, 5.41) is 27.6. The summed E-state index contributed by atoms with van der Waals surface area (Å²) in [6, 6.07) is 4.23. The number of anilines is 1. The molecule has 0 radical (unpaired) electrons. The van der Waals surface area contributed by atoms with Gasteiger partial charge in [0.05, 0.1) is 6.33 Å². The number of phenolic OH excluding ortho intramolecular Hbond substituents is 1. The highest BCUT2D eigenvalue weighted by atomic mass is 16.8. The Balaban J connectivity index is 2.14. The average molecular weight is 333 g/mol. The molecule has 10 nitrogen and oxygen atoms in total. The molecule has 2 aromatic heterocycles. The van der Waals surface area contributed by atoms with Gasteiger partial charge in [0.25, 0.3) is 5.56 Å². The summed E-state index contributed by atoms with van der Waals surface area (Å²) in [7, 11) is 2.91. The van der Waals surface area contributed by atoms with Crippen molar-refractivity contribution in [3.8, 4) is 5.75 Å². The van der Waals surface area contributed by atoms with Crippen LogP contribution in [0.15, 0.2) is 34.1 Å². The van der Waals surface area contributed by atoms with Gasteiger partial charge in [0.2, 0.25) is 0 Å². The van der Waals surface area contributed by atoms with Crippen molar-refractivity contribution in [1.29, 1.82) is 0 Å². The number of aryl methyl sites for hydroxylation is 1. The van der Waals surface area contributed by atoms with Crippen LogP contribution in [-0.2, 0) is 20.6 Å². The maximum absolute atomic E-state index is 12.4. The zero-order valence-corrected chi connectivity index (χ0v) is 12.9. The molecule has 0 bridgehead atoms. The molecule has 126 valence electrons. The first kappa shape index (κ1) is 15.8. The lowest BCUT2D eigenvalue weighted by Gasteiger charge is -2.12. The Morgan fingerprint density at radius 1 is 1.17 bits per heavy atom. The number of fused-ring (bicyclic) bond motifs is 1. The lowest BCUT2D eigenvalue weighted by molar-refractivity contribution is 0.0279. The number of aromatic nitrogens is 4. The molecule has 3 N–H and O–H groups in total. The third-order valence-electron chi connectivity index (χ3n) is 3.83. The molecule has 0 saturated heterocycles. The molecule has 0 amide bonds.